The summed E-state index contributed by atoms with van der Waals surface area (Å²) in [5, 5.41) is 13.7. The van der Waals surface area contributed by atoms with Gasteiger partial charge in [0.25, 0.3) is 5.69 Å². The molecule has 1 N–H and O–H groups in total. The van der Waals surface area contributed by atoms with E-state index in [4.69, 9.17) is 0 Å². The molecule has 0 amide bonds. The Kier molecular flexibility index (Phi) is 6.41. The topological polar surface area (TPSA) is 55.2 Å². The number of nitro benzene ring substituents is 1. The van der Waals surface area contributed by atoms with Crippen LogP contribution in [-0.4, -0.2) is 23.0 Å². The van der Waals surface area contributed by atoms with E-state index in [0.717, 1.165) is 17.6 Å². The molecule has 0 fully saturated rings. The van der Waals surface area contributed by atoms with Crippen LogP contribution in [0.25, 0.3) is 0 Å². The van der Waals surface area contributed by atoms with Crippen molar-refractivity contribution in [3.8, 4) is 0 Å². The molecule has 1 aromatic rings. The van der Waals surface area contributed by atoms with Crippen LogP contribution >= 0.6 is 34.4 Å². The van der Waals surface area contributed by atoms with Crippen LogP contribution in [0.5, 0.6) is 0 Å². The monoisotopic (exact) mass is 382 g/mol. The highest BCUT2D eigenvalue weighted by molar-refractivity contribution is 14.1. The van der Waals surface area contributed by atoms with Crippen molar-refractivity contribution < 1.29 is 9.31 Å². The normalized spacial score (nSPS) is 10.1. The third-order valence-corrected chi connectivity index (χ3v) is 3.82. The maximum absolute atomic E-state index is 13.4. The number of halogens is 2. The molecule has 0 atom stereocenters. The van der Waals surface area contributed by atoms with Crippen molar-refractivity contribution in [3.63, 3.8) is 0 Å². The Morgan fingerprint density at radius 1 is 1.61 bits per heavy atom. The van der Waals surface area contributed by atoms with E-state index < -0.39 is 10.7 Å². The lowest BCUT2D eigenvalue weighted by molar-refractivity contribution is -0.384. The Balaban J connectivity index is 2.71. The fourth-order valence-electron chi connectivity index (χ4n) is 1.25. The van der Waals surface area contributed by atoms with E-state index in [-0.39, 0.29) is 14.9 Å². The molecule has 1 rings (SSSR count). The van der Waals surface area contributed by atoms with Gasteiger partial charge in [-0.25, -0.2) is 4.39 Å². The predicted octanol–water partition coefficient (Wildman–Crippen LogP) is 3.67. The summed E-state index contributed by atoms with van der Waals surface area (Å²) < 4.78 is 13.6. The summed E-state index contributed by atoms with van der Waals surface area (Å²) in [4.78, 5) is 10.3. The average molecular weight is 382 g/mol. The summed E-state index contributed by atoms with van der Waals surface area (Å²) in [5.41, 5.74) is 0.117. The zero-order chi connectivity index (χ0) is 13.5. The smallest absolute Gasteiger partial charge is 0.293 e. The van der Waals surface area contributed by atoms with Gasteiger partial charge in [-0.2, -0.15) is 11.8 Å². The van der Waals surface area contributed by atoms with Gasteiger partial charge in [-0.1, -0.05) is 6.08 Å². The van der Waals surface area contributed by atoms with Crippen LogP contribution in [-0.2, 0) is 0 Å². The Morgan fingerprint density at radius 2 is 2.33 bits per heavy atom. The zero-order valence-electron chi connectivity index (χ0n) is 9.49. The summed E-state index contributed by atoms with van der Waals surface area (Å²) in [6.07, 6.45) is 1.79. The molecule has 0 aliphatic heterocycles. The summed E-state index contributed by atoms with van der Waals surface area (Å²) >= 11 is 3.38. The van der Waals surface area contributed by atoms with Gasteiger partial charge < -0.3 is 5.32 Å². The second-order valence-electron chi connectivity index (χ2n) is 3.33. The first-order valence-corrected chi connectivity index (χ1v) is 7.35. The fraction of sp³-hybridized carbons (Fsp3) is 0.273. The lowest BCUT2D eigenvalue weighted by atomic mass is 10.2. The molecule has 0 aliphatic carbocycles. The first-order valence-electron chi connectivity index (χ1n) is 5.12. The highest BCUT2D eigenvalue weighted by atomic mass is 127. The Hall–Kier alpha value is -0.830. The minimum atomic E-state index is -0.513. The molecule has 0 aromatic heterocycles. The van der Waals surface area contributed by atoms with Gasteiger partial charge in [0.2, 0.25) is 0 Å². The lowest BCUT2D eigenvalue weighted by Crippen LogP contribution is -2.07. The molecule has 0 radical (unpaired) electrons. The number of nitrogens with zero attached hydrogens (tertiary/aromatic N) is 1. The molecule has 0 unspecified atom stereocenters. The van der Waals surface area contributed by atoms with E-state index >= 15 is 0 Å². The first-order chi connectivity index (χ1) is 8.56. The largest absolute Gasteiger partial charge is 0.379 e. The Morgan fingerprint density at radius 3 is 2.94 bits per heavy atom. The quantitative estimate of drug-likeness (QED) is 0.257. The van der Waals surface area contributed by atoms with Crippen molar-refractivity contribution in [2.24, 2.45) is 0 Å². The van der Waals surface area contributed by atoms with Gasteiger partial charge in [0.05, 0.1) is 8.49 Å². The van der Waals surface area contributed by atoms with Crippen molar-refractivity contribution >= 4 is 45.7 Å². The maximum atomic E-state index is 13.4. The van der Waals surface area contributed by atoms with Crippen LogP contribution in [0.15, 0.2) is 24.8 Å². The standard InChI is InChI=1S/C11H12FIN2O2S/c1-2-4-18-5-3-14-10-6-8(12)9(13)7-11(10)15(16)17/h2,6-7,14H,1,3-5H2. The van der Waals surface area contributed by atoms with E-state index in [1.165, 1.54) is 6.07 Å². The van der Waals surface area contributed by atoms with Crippen LogP contribution in [0.2, 0.25) is 0 Å². The van der Waals surface area contributed by atoms with E-state index in [1.807, 2.05) is 0 Å². The van der Waals surface area contributed by atoms with Crippen LogP contribution in [0.1, 0.15) is 0 Å². The second kappa shape index (κ2) is 7.57. The van der Waals surface area contributed by atoms with E-state index in [2.05, 4.69) is 11.9 Å². The van der Waals surface area contributed by atoms with Gasteiger partial charge in [-0.3, -0.25) is 10.1 Å². The van der Waals surface area contributed by atoms with Crippen molar-refractivity contribution in [1.29, 1.82) is 0 Å². The number of hydrogen-bond donors (Lipinski definition) is 1. The molecular formula is C11H12FIN2O2S. The Bertz CT molecular complexity index is 457. The van der Waals surface area contributed by atoms with Crippen molar-refractivity contribution in [3.05, 3.63) is 44.3 Å². The summed E-state index contributed by atoms with van der Waals surface area (Å²) in [6, 6.07) is 2.40. The first kappa shape index (κ1) is 15.2. The number of nitro groups is 1. The highest BCUT2D eigenvalue weighted by Crippen LogP contribution is 2.28. The average Bonchev–Trinajstić information content (AvgIpc) is 2.32. The highest BCUT2D eigenvalue weighted by Gasteiger charge is 2.16. The van der Waals surface area contributed by atoms with Crippen molar-refractivity contribution in [1.82, 2.24) is 0 Å². The van der Waals surface area contributed by atoms with Crippen LogP contribution in [0, 0.1) is 19.5 Å². The van der Waals surface area contributed by atoms with Gasteiger partial charge in [-0.05, 0) is 22.6 Å². The van der Waals surface area contributed by atoms with Gasteiger partial charge >= 0.3 is 0 Å². The van der Waals surface area contributed by atoms with E-state index in [1.54, 1.807) is 40.4 Å². The van der Waals surface area contributed by atoms with Crippen LogP contribution in [0.3, 0.4) is 0 Å². The third-order valence-electron chi connectivity index (χ3n) is 2.03. The third kappa shape index (κ3) is 4.45. The van der Waals surface area contributed by atoms with Gasteiger partial charge in [0, 0.05) is 30.2 Å². The molecule has 0 heterocycles. The molecule has 0 saturated carbocycles. The summed E-state index contributed by atoms with van der Waals surface area (Å²) in [5.74, 6) is 1.14. The van der Waals surface area contributed by atoms with E-state index in [9.17, 15) is 14.5 Å². The molecule has 0 spiro atoms. The second-order valence-corrected chi connectivity index (χ2v) is 5.64. The minimum Gasteiger partial charge on any atom is -0.379 e. The van der Waals surface area contributed by atoms with Gasteiger partial charge in [0.1, 0.15) is 11.5 Å². The molecule has 0 saturated heterocycles. The van der Waals surface area contributed by atoms with Crippen LogP contribution < -0.4 is 5.32 Å². The number of hydrogen-bond acceptors (Lipinski definition) is 4. The number of thioether (sulfide) groups is 1. The Labute approximate surface area is 122 Å². The number of anilines is 1. The molecule has 1 aromatic carbocycles. The predicted molar refractivity (Wildman–Crippen MR) is 81.8 cm³/mol. The molecule has 7 heteroatoms. The molecule has 98 valence electrons. The summed E-state index contributed by atoms with van der Waals surface area (Å²) in [6.45, 7) is 4.14. The van der Waals surface area contributed by atoms with Gasteiger partial charge in [-0.15, -0.1) is 6.58 Å². The fourth-order valence-corrected chi connectivity index (χ4v) is 2.28. The zero-order valence-corrected chi connectivity index (χ0v) is 12.5. The molecule has 0 aliphatic rings. The minimum absolute atomic E-state index is 0.102. The van der Waals surface area contributed by atoms with Crippen LogP contribution in [0.4, 0.5) is 15.8 Å². The summed E-state index contributed by atoms with van der Waals surface area (Å²) in [7, 11) is 0. The van der Waals surface area contributed by atoms with Gasteiger partial charge in [0.15, 0.2) is 0 Å². The van der Waals surface area contributed by atoms with E-state index in [0.29, 0.717) is 6.54 Å². The molecular weight excluding hydrogens is 370 g/mol. The van der Waals surface area contributed by atoms with Crippen molar-refractivity contribution in [2.45, 2.75) is 0 Å². The molecule has 0 bridgehead atoms. The molecule has 18 heavy (non-hydrogen) atoms. The molecule has 4 nitrogen and oxygen atoms in total. The maximum Gasteiger partial charge on any atom is 0.293 e. The number of rotatable bonds is 7. The lowest BCUT2D eigenvalue weighted by Gasteiger charge is -2.07. The number of benzene rings is 1. The number of nitrogens with one attached hydrogen (secondary N) is 1. The van der Waals surface area contributed by atoms with Crippen molar-refractivity contribution in [2.75, 3.05) is 23.4 Å². The SMILES string of the molecule is C=CCSCCNc1cc(F)c(I)cc1[N+](=O)[O-].